The zero-order valence-electron chi connectivity index (χ0n) is 15.7. The molecule has 2 aromatic rings. The highest BCUT2D eigenvalue weighted by Crippen LogP contribution is 2.16. The third-order valence-corrected chi connectivity index (χ3v) is 4.45. The number of likely N-dealkylation sites (N-methyl/N-ethyl adjacent to an activating group) is 1. The number of amides is 2. The summed E-state index contributed by atoms with van der Waals surface area (Å²) in [6.07, 6.45) is 0. The largest absolute Gasteiger partial charge is 0.350 e. The van der Waals surface area contributed by atoms with Gasteiger partial charge < -0.3 is 10.6 Å². The molecule has 0 aliphatic rings. The molecular weight excluding hydrogens is 326 g/mol. The average Bonchev–Trinajstić information content (AvgIpc) is 2.68. The fraction of sp³-hybridized carbons (Fsp3) is 0.333. The standard InChI is InChI=1S/C21H27N3O2/c1-4-24(5-2)16(3)15-22-21(26)18-13-9-10-14-19(18)23-20(25)17-11-7-6-8-12-17/h6-14,16H,4-5,15H2,1-3H3,(H,22,26)(H,23,25). The molecule has 5 heteroatoms. The van der Waals surface area contributed by atoms with Crippen molar-refractivity contribution in [3.05, 3.63) is 65.7 Å². The third-order valence-electron chi connectivity index (χ3n) is 4.45. The maximum Gasteiger partial charge on any atom is 0.255 e. The lowest BCUT2D eigenvalue weighted by Crippen LogP contribution is -2.42. The number of anilines is 1. The quantitative estimate of drug-likeness (QED) is 0.765. The second-order valence-electron chi connectivity index (χ2n) is 6.15. The van der Waals surface area contributed by atoms with Gasteiger partial charge in [0.15, 0.2) is 0 Å². The SMILES string of the molecule is CCN(CC)C(C)CNC(=O)c1ccccc1NC(=O)c1ccccc1. The highest BCUT2D eigenvalue weighted by molar-refractivity contribution is 6.08. The fourth-order valence-electron chi connectivity index (χ4n) is 2.89. The van der Waals surface area contributed by atoms with Crippen LogP contribution in [0.3, 0.4) is 0 Å². The number of carbonyl (C=O) groups excluding carboxylic acids is 2. The molecule has 0 aliphatic heterocycles. The van der Waals surface area contributed by atoms with Crippen LogP contribution in [0, 0.1) is 0 Å². The van der Waals surface area contributed by atoms with Gasteiger partial charge in [-0.3, -0.25) is 14.5 Å². The van der Waals surface area contributed by atoms with Crippen LogP contribution < -0.4 is 10.6 Å². The van der Waals surface area contributed by atoms with E-state index in [1.54, 1.807) is 36.4 Å². The fourth-order valence-corrected chi connectivity index (χ4v) is 2.89. The molecule has 138 valence electrons. The molecule has 5 nitrogen and oxygen atoms in total. The molecule has 2 aromatic carbocycles. The first-order chi connectivity index (χ1) is 12.6. The van der Waals surface area contributed by atoms with Crippen LogP contribution in [-0.4, -0.2) is 42.4 Å². The molecule has 2 N–H and O–H groups in total. The summed E-state index contributed by atoms with van der Waals surface area (Å²) in [7, 11) is 0. The van der Waals surface area contributed by atoms with Crippen molar-refractivity contribution in [1.29, 1.82) is 0 Å². The Kier molecular flexibility index (Phi) is 7.36. The zero-order valence-corrected chi connectivity index (χ0v) is 15.7. The van der Waals surface area contributed by atoms with Gasteiger partial charge in [-0.05, 0) is 44.3 Å². The van der Waals surface area contributed by atoms with E-state index in [-0.39, 0.29) is 17.9 Å². The predicted molar refractivity (Wildman–Crippen MR) is 106 cm³/mol. The molecule has 0 radical (unpaired) electrons. The Bertz CT molecular complexity index is 727. The molecular formula is C21H27N3O2. The highest BCUT2D eigenvalue weighted by atomic mass is 16.2. The number of nitrogens with zero attached hydrogens (tertiary/aromatic N) is 1. The summed E-state index contributed by atoms with van der Waals surface area (Å²) in [5, 5.41) is 5.80. The summed E-state index contributed by atoms with van der Waals surface area (Å²) >= 11 is 0. The molecule has 1 atom stereocenters. The molecule has 0 bridgehead atoms. The van der Waals surface area contributed by atoms with Crippen molar-refractivity contribution in [2.75, 3.05) is 25.0 Å². The number of hydrogen-bond acceptors (Lipinski definition) is 3. The van der Waals surface area contributed by atoms with Crippen LogP contribution in [0.4, 0.5) is 5.69 Å². The van der Waals surface area contributed by atoms with E-state index in [0.717, 1.165) is 13.1 Å². The van der Waals surface area contributed by atoms with E-state index in [1.165, 1.54) is 0 Å². The van der Waals surface area contributed by atoms with Crippen molar-refractivity contribution in [3.8, 4) is 0 Å². The topological polar surface area (TPSA) is 61.4 Å². The number of carbonyl (C=O) groups is 2. The highest BCUT2D eigenvalue weighted by Gasteiger charge is 2.16. The van der Waals surface area contributed by atoms with Gasteiger partial charge in [-0.25, -0.2) is 0 Å². The van der Waals surface area contributed by atoms with Crippen molar-refractivity contribution in [3.63, 3.8) is 0 Å². The van der Waals surface area contributed by atoms with Crippen LogP contribution in [0.15, 0.2) is 54.6 Å². The van der Waals surface area contributed by atoms with E-state index in [2.05, 4.69) is 36.3 Å². The van der Waals surface area contributed by atoms with Crippen LogP contribution >= 0.6 is 0 Å². The van der Waals surface area contributed by atoms with E-state index >= 15 is 0 Å². The molecule has 0 saturated carbocycles. The molecule has 0 aromatic heterocycles. The first-order valence-corrected chi connectivity index (χ1v) is 9.04. The smallest absolute Gasteiger partial charge is 0.255 e. The molecule has 26 heavy (non-hydrogen) atoms. The van der Waals surface area contributed by atoms with Crippen LogP contribution in [-0.2, 0) is 0 Å². The molecule has 0 heterocycles. The van der Waals surface area contributed by atoms with E-state index in [4.69, 9.17) is 0 Å². The van der Waals surface area contributed by atoms with Gasteiger partial charge >= 0.3 is 0 Å². The number of benzene rings is 2. The van der Waals surface area contributed by atoms with Gasteiger partial charge in [0.2, 0.25) is 0 Å². The van der Waals surface area contributed by atoms with Crippen LogP contribution in [0.25, 0.3) is 0 Å². The van der Waals surface area contributed by atoms with Gasteiger partial charge in [-0.15, -0.1) is 0 Å². The van der Waals surface area contributed by atoms with Crippen molar-refractivity contribution >= 4 is 17.5 Å². The Morgan fingerprint density at radius 3 is 2.19 bits per heavy atom. The Morgan fingerprint density at radius 1 is 0.923 bits per heavy atom. The lowest BCUT2D eigenvalue weighted by Gasteiger charge is -2.26. The summed E-state index contributed by atoms with van der Waals surface area (Å²) in [6.45, 7) is 8.75. The summed E-state index contributed by atoms with van der Waals surface area (Å²) in [6, 6.07) is 16.3. The number of para-hydroxylation sites is 1. The molecule has 2 amide bonds. The van der Waals surface area contributed by atoms with Crippen LogP contribution in [0.1, 0.15) is 41.5 Å². The molecule has 0 spiro atoms. The minimum Gasteiger partial charge on any atom is -0.350 e. The van der Waals surface area contributed by atoms with Gasteiger partial charge in [0.1, 0.15) is 0 Å². The van der Waals surface area contributed by atoms with Crippen LogP contribution in [0.5, 0.6) is 0 Å². The molecule has 1 unspecified atom stereocenters. The summed E-state index contributed by atoms with van der Waals surface area (Å²) < 4.78 is 0. The molecule has 0 saturated heterocycles. The normalized spacial score (nSPS) is 11.8. The lowest BCUT2D eigenvalue weighted by atomic mass is 10.1. The van der Waals surface area contributed by atoms with Gasteiger partial charge in [-0.2, -0.15) is 0 Å². The first kappa shape index (κ1) is 19.7. The van der Waals surface area contributed by atoms with Crippen molar-refractivity contribution in [2.24, 2.45) is 0 Å². The van der Waals surface area contributed by atoms with E-state index in [1.807, 2.05) is 18.2 Å². The number of hydrogen-bond donors (Lipinski definition) is 2. The Hall–Kier alpha value is -2.66. The average molecular weight is 353 g/mol. The molecule has 2 rings (SSSR count). The summed E-state index contributed by atoms with van der Waals surface area (Å²) in [5.41, 5.74) is 1.52. The number of nitrogens with one attached hydrogen (secondary N) is 2. The minimum atomic E-state index is -0.234. The predicted octanol–water partition coefficient (Wildman–Crippen LogP) is 3.40. The zero-order chi connectivity index (χ0) is 18.9. The third kappa shape index (κ3) is 5.17. The van der Waals surface area contributed by atoms with Gasteiger partial charge in [0, 0.05) is 18.2 Å². The van der Waals surface area contributed by atoms with E-state index in [9.17, 15) is 9.59 Å². The van der Waals surface area contributed by atoms with Crippen molar-refractivity contribution in [1.82, 2.24) is 10.2 Å². The summed E-state index contributed by atoms with van der Waals surface area (Å²) in [5.74, 6) is -0.421. The first-order valence-electron chi connectivity index (χ1n) is 9.04. The second kappa shape index (κ2) is 9.73. The molecule has 0 aliphatic carbocycles. The van der Waals surface area contributed by atoms with Crippen LogP contribution in [0.2, 0.25) is 0 Å². The monoisotopic (exact) mass is 353 g/mol. The van der Waals surface area contributed by atoms with Crippen molar-refractivity contribution < 1.29 is 9.59 Å². The summed E-state index contributed by atoms with van der Waals surface area (Å²) in [4.78, 5) is 27.3. The Balaban J connectivity index is 2.06. The Labute approximate surface area is 155 Å². The van der Waals surface area contributed by atoms with Crippen molar-refractivity contribution in [2.45, 2.75) is 26.8 Å². The van der Waals surface area contributed by atoms with E-state index in [0.29, 0.717) is 23.4 Å². The maximum atomic E-state index is 12.6. The lowest BCUT2D eigenvalue weighted by molar-refractivity contribution is 0.0939. The second-order valence-corrected chi connectivity index (χ2v) is 6.15. The van der Waals surface area contributed by atoms with E-state index < -0.39 is 0 Å². The Morgan fingerprint density at radius 2 is 1.54 bits per heavy atom. The number of rotatable bonds is 8. The van der Waals surface area contributed by atoms with Gasteiger partial charge in [-0.1, -0.05) is 44.2 Å². The van der Waals surface area contributed by atoms with Gasteiger partial charge in [0.25, 0.3) is 11.8 Å². The molecule has 0 fully saturated rings. The minimum absolute atomic E-state index is 0.187. The van der Waals surface area contributed by atoms with Gasteiger partial charge in [0.05, 0.1) is 11.3 Å². The maximum absolute atomic E-state index is 12.6.